The van der Waals surface area contributed by atoms with E-state index in [1.165, 1.54) is 16.7 Å². The summed E-state index contributed by atoms with van der Waals surface area (Å²) in [5, 5.41) is 4.68. The molecule has 0 aliphatic rings. The van der Waals surface area contributed by atoms with Gasteiger partial charge in [0.1, 0.15) is 5.69 Å². The molecule has 106 valence electrons. The summed E-state index contributed by atoms with van der Waals surface area (Å²) in [6.07, 6.45) is 1.89. The first-order valence-electron chi connectivity index (χ1n) is 7.04. The van der Waals surface area contributed by atoms with Crippen molar-refractivity contribution in [3.63, 3.8) is 0 Å². The molecule has 0 amide bonds. The maximum atomic E-state index is 6.17. The van der Waals surface area contributed by atoms with Crippen molar-refractivity contribution < 1.29 is 0 Å². The van der Waals surface area contributed by atoms with Gasteiger partial charge in [-0.05, 0) is 44.0 Å². The molecule has 2 aromatic carbocycles. The number of nitrogens with two attached hydrogens (primary N) is 1. The highest BCUT2D eigenvalue weighted by atomic mass is 15.3. The summed E-state index contributed by atoms with van der Waals surface area (Å²) in [5.74, 6) is 0. The maximum Gasteiger partial charge on any atom is 0.116 e. The molecule has 3 heteroatoms. The lowest BCUT2D eigenvalue weighted by atomic mass is 10.1. The highest BCUT2D eigenvalue weighted by molar-refractivity contribution is 5.73. The Morgan fingerprint density at radius 1 is 0.952 bits per heavy atom. The molecule has 21 heavy (non-hydrogen) atoms. The van der Waals surface area contributed by atoms with Crippen LogP contribution >= 0.6 is 0 Å². The molecule has 1 heterocycles. The van der Waals surface area contributed by atoms with Crippen molar-refractivity contribution in [2.45, 2.75) is 20.8 Å². The average molecular weight is 277 g/mol. The molecule has 0 spiro atoms. The molecule has 3 aromatic rings. The zero-order valence-corrected chi connectivity index (χ0v) is 12.6. The number of rotatable bonds is 2. The second-order valence-electron chi connectivity index (χ2n) is 5.54. The smallest absolute Gasteiger partial charge is 0.116 e. The Bertz CT molecular complexity index is 800. The predicted octanol–water partition coefficient (Wildman–Crippen LogP) is 4.05. The van der Waals surface area contributed by atoms with Crippen molar-refractivity contribution in [1.82, 2.24) is 9.78 Å². The van der Waals surface area contributed by atoms with Gasteiger partial charge in [-0.3, -0.25) is 0 Å². The molecule has 3 rings (SSSR count). The number of hydrogen-bond donors (Lipinski definition) is 1. The summed E-state index contributed by atoms with van der Waals surface area (Å²) < 4.78 is 1.87. The second-order valence-corrected chi connectivity index (χ2v) is 5.54. The van der Waals surface area contributed by atoms with E-state index in [-0.39, 0.29) is 0 Å². The van der Waals surface area contributed by atoms with E-state index in [1.807, 2.05) is 23.0 Å². The van der Waals surface area contributed by atoms with Crippen molar-refractivity contribution in [2.75, 3.05) is 5.73 Å². The molecule has 0 radical (unpaired) electrons. The van der Waals surface area contributed by atoms with Crippen molar-refractivity contribution in [3.05, 3.63) is 65.4 Å². The van der Waals surface area contributed by atoms with Crippen LogP contribution in [0, 0.1) is 20.8 Å². The topological polar surface area (TPSA) is 43.8 Å². The normalized spacial score (nSPS) is 10.8. The summed E-state index contributed by atoms with van der Waals surface area (Å²) in [6.45, 7) is 6.23. The highest BCUT2D eigenvalue weighted by Crippen LogP contribution is 2.27. The monoisotopic (exact) mass is 277 g/mol. The van der Waals surface area contributed by atoms with E-state index in [0.717, 1.165) is 16.9 Å². The molecule has 0 bridgehead atoms. The van der Waals surface area contributed by atoms with E-state index < -0.39 is 0 Å². The lowest BCUT2D eigenvalue weighted by Crippen LogP contribution is -1.98. The SMILES string of the molecule is Cc1cccc(-c2nn(-c3cc(C)ccc3C)cc2N)c1. The molecule has 3 nitrogen and oxygen atoms in total. The quantitative estimate of drug-likeness (QED) is 0.768. The Labute approximate surface area is 125 Å². The molecule has 0 saturated carbocycles. The van der Waals surface area contributed by atoms with E-state index in [4.69, 9.17) is 5.73 Å². The molecule has 0 aliphatic carbocycles. The fourth-order valence-corrected chi connectivity index (χ4v) is 2.49. The summed E-state index contributed by atoms with van der Waals surface area (Å²) >= 11 is 0. The fourth-order valence-electron chi connectivity index (χ4n) is 2.49. The highest BCUT2D eigenvalue weighted by Gasteiger charge is 2.11. The minimum absolute atomic E-state index is 0.696. The van der Waals surface area contributed by atoms with Crippen LogP contribution in [-0.2, 0) is 0 Å². The third-order valence-corrected chi connectivity index (χ3v) is 3.65. The van der Waals surface area contributed by atoms with E-state index >= 15 is 0 Å². The van der Waals surface area contributed by atoms with Crippen LogP contribution in [0.15, 0.2) is 48.7 Å². The first-order valence-corrected chi connectivity index (χ1v) is 7.04. The van der Waals surface area contributed by atoms with E-state index in [1.54, 1.807) is 0 Å². The molecule has 0 unspecified atom stereocenters. The molecule has 0 atom stereocenters. The molecule has 2 N–H and O–H groups in total. The predicted molar refractivity (Wildman–Crippen MR) is 87.6 cm³/mol. The van der Waals surface area contributed by atoms with Gasteiger partial charge in [-0.25, -0.2) is 4.68 Å². The molecular weight excluding hydrogens is 258 g/mol. The number of aromatic nitrogens is 2. The van der Waals surface area contributed by atoms with Gasteiger partial charge in [-0.15, -0.1) is 0 Å². The van der Waals surface area contributed by atoms with E-state index in [9.17, 15) is 0 Å². The Balaban J connectivity index is 2.12. The van der Waals surface area contributed by atoms with Gasteiger partial charge in [0, 0.05) is 5.56 Å². The largest absolute Gasteiger partial charge is 0.396 e. The first kappa shape index (κ1) is 13.4. The molecule has 0 fully saturated rings. The number of benzene rings is 2. The number of anilines is 1. The lowest BCUT2D eigenvalue weighted by Gasteiger charge is -2.06. The second kappa shape index (κ2) is 5.09. The van der Waals surface area contributed by atoms with Gasteiger partial charge in [-0.1, -0.05) is 35.9 Å². The number of nitrogen functional groups attached to an aromatic ring is 1. The van der Waals surface area contributed by atoms with Crippen molar-refractivity contribution in [3.8, 4) is 16.9 Å². The summed E-state index contributed by atoms with van der Waals surface area (Å²) in [6, 6.07) is 14.6. The van der Waals surface area contributed by atoms with Crippen molar-refractivity contribution in [1.29, 1.82) is 0 Å². The summed E-state index contributed by atoms with van der Waals surface area (Å²) in [5.41, 5.74) is 13.4. The van der Waals surface area contributed by atoms with Gasteiger partial charge >= 0.3 is 0 Å². The standard InChI is InChI=1S/C18H19N3/c1-12-5-4-6-15(9-12)18-16(19)11-21(20-18)17-10-13(2)7-8-14(17)3/h4-11H,19H2,1-3H3. The minimum Gasteiger partial charge on any atom is -0.396 e. The van der Waals surface area contributed by atoms with Gasteiger partial charge < -0.3 is 5.73 Å². The minimum atomic E-state index is 0.696. The maximum absolute atomic E-state index is 6.17. The molecule has 0 aliphatic heterocycles. The Hall–Kier alpha value is -2.55. The van der Waals surface area contributed by atoms with Gasteiger partial charge in [-0.2, -0.15) is 5.10 Å². The zero-order chi connectivity index (χ0) is 15.0. The Morgan fingerprint density at radius 2 is 1.71 bits per heavy atom. The van der Waals surface area contributed by atoms with Crippen LogP contribution in [-0.4, -0.2) is 9.78 Å². The van der Waals surface area contributed by atoms with Gasteiger partial charge in [0.25, 0.3) is 0 Å². The summed E-state index contributed by atoms with van der Waals surface area (Å²) in [4.78, 5) is 0. The van der Waals surface area contributed by atoms with Crippen LogP contribution in [0.5, 0.6) is 0 Å². The zero-order valence-electron chi connectivity index (χ0n) is 12.6. The average Bonchev–Trinajstić information content (AvgIpc) is 2.83. The van der Waals surface area contributed by atoms with Crippen LogP contribution in [0.25, 0.3) is 16.9 Å². The van der Waals surface area contributed by atoms with E-state index in [2.05, 4.69) is 56.2 Å². The lowest BCUT2D eigenvalue weighted by molar-refractivity contribution is 0.875. The van der Waals surface area contributed by atoms with Gasteiger partial charge in [0.2, 0.25) is 0 Å². The van der Waals surface area contributed by atoms with E-state index in [0.29, 0.717) is 5.69 Å². The summed E-state index contributed by atoms with van der Waals surface area (Å²) in [7, 11) is 0. The molecular formula is C18H19N3. The first-order chi connectivity index (χ1) is 10.0. The fraction of sp³-hybridized carbons (Fsp3) is 0.167. The van der Waals surface area contributed by atoms with Crippen LogP contribution < -0.4 is 5.73 Å². The van der Waals surface area contributed by atoms with Crippen LogP contribution in [0.1, 0.15) is 16.7 Å². The number of aryl methyl sites for hydroxylation is 3. The van der Waals surface area contributed by atoms with Crippen LogP contribution in [0.3, 0.4) is 0 Å². The number of hydrogen-bond acceptors (Lipinski definition) is 2. The Kier molecular flexibility index (Phi) is 3.26. The van der Waals surface area contributed by atoms with Gasteiger partial charge in [0.05, 0.1) is 17.6 Å². The third kappa shape index (κ3) is 2.55. The molecule has 0 saturated heterocycles. The Morgan fingerprint density at radius 3 is 2.48 bits per heavy atom. The van der Waals surface area contributed by atoms with Gasteiger partial charge in [0.15, 0.2) is 0 Å². The third-order valence-electron chi connectivity index (χ3n) is 3.65. The number of nitrogens with zero attached hydrogens (tertiary/aromatic N) is 2. The van der Waals surface area contributed by atoms with Crippen LogP contribution in [0.4, 0.5) is 5.69 Å². The van der Waals surface area contributed by atoms with Crippen molar-refractivity contribution >= 4 is 5.69 Å². The van der Waals surface area contributed by atoms with Crippen molar-refractivity contribution in [2.24, 2.45) is 0 Å². The van der Waals surface area contributed by atoms with Crippen LogP contribution in [0.2, 0.25) is 0 Å². The molecule has 1 aromatic heterocycles.